The van der Waals surface area contributed by atoms with E-state index < -0.39 is 0 Å². The summed E-state index contributed by atoms with van der Waals surface area (Å²) in [6, 6.07) is 12.1. The van der Waals surface area contributed by atoms with Crippen LogP contribution < -0.4 is 10.1 Å². The number of hydrogen-bond donors (Lipinski definition) is 1. The quantitative estimate of drug-likeness (QED) is 0.861. The van der Waals surface area contributed by atoms with E-state index in [0.717, 1.165) is 6.42 Å². The molecule has 0 aliphatic carbocycles. The van der Waals surface area contributed by atoms with Gasteiger partial charge in [0.1, 0.15) is 12.7 Å². The van der Waals surface area contributed by atoms with Crippen LogP contribution in [0.1, 0.15) is 5.56 Å². The molecule has 1 fully saturated rings. The summed E-state index contributed by atoms with van der Waals surface area (Å²) in [5.74, 6) is 0. The molecular formula is C18H22N4O3. The molecule has 132 valence electrons. The molecule has 1 aromatic heterocycles. The first-order valence-electron chi connectivity index (χ1n) is 8.39. The van der Waals surface area contributed by atoms with Crippen LogP contribution >= 0.6 is 0 Å². The Morgan fingerprint density at radius 3 is 2.84 bits per heavy atom. The maximum absolute atomic E-state index is 12.3. The SMILES string of the molecule is O=C(NCCc1ccccc1)N1CCOC(COc2ncccn2)C1. The van der Waals surface area contributed by atoms with Crippen molar-refractivity contribution < 1.29 is 14.3 Å². The van der Waals surface area contributed by atoms with Gasteiger partial charge in [-0.3, -0.25) is 0 Å². The van der Waals surface area contributed by atoms with Crippen LogP contribution in [0.3, 0.4) is 0 Å². The van der Waals surface area contributed by atoms with E-state index in [9.17, 15) is 4.79 Å². The molecule has 0 bridgehead atoms. The third-order valence-corrected chi connectivity index (χ3v) is 3.90. The fourth-order valence-electron chi connectivity index (χ4n) is 2.60. The molecule has 2 aromatic rings. The van der Waals surface area contributed by atoms with Gasteiger partial charge in [-0.2, -0.15) is 0 Å². The van der Waals surface area contributed by atoms with Crippen molar-refractivity contribution in [3.05, 3.63) is 54.4 Å². The number of ether oxygens (including phenoxy) is 2. The van der Waals surface area contributed by atoms with Crippen LogP contribution in [-0.2, 0) is 11.2 Å². The summed E-state index contributed by atoms with van der Waals surface area (Å²) in [7, 11) is 0. The summed E-state index contributed by atoms with van der Waals surface area (Å²) in [4.78, 5) is 22.1. The number of morpholine rings is 1. The van der Waals surface area contributed by atoms with Crippen molar-refractivity contribution in [3.8, 4) is 6.01 Å². The molecule has 7 nitrogen and oxygen atoms in total. The lowest BCUT2D eigenvalue weighted by molar-refractivity contribution is -0.0365. The van der Waals surface area contributed by atoms with Crippen molar-refractivity contribution in [2.75, 3.05) is 32.8 Å². The van der Waals surface area contributed by atoms with Gasteiger partial charge in [0.15, 0.2) is 0 Å². The van der Waals surface area contributed by atoms with Crippen molar-refractivity contribution in [1.82, 2.24) is 20.2 Å². The van der Waals surface area contributed by atoms with Gasteiger partial charge in [0.2, 0.25) is 0 Å². The molecule has 1 N–H and O–H groups in total. The number of aromatic nitrogens is 2. The van der Waals surface area contributed by atoms with Gasteiger partial charge in [-0.05, 0) is 18.1 Å². The summed E-state index contributed by atoms with van der Waals surface area (Å²) in [6.07, 6.45) is 3.87. The second kappa shape index (κ2) is 8.98. The Hall–Kier alpha value is -2.67. The van der Waals surface area contributed by atoms with Gasteiger partial charge in [-0.1, -0.05) is 30.3 Å². The van der Waals surface area contributed by atoms with Crippen molar-refractivity contribution in [3.63, 3.8) is 0 Å². The van der Waals surface area contributed by atoms with Crippen molar-refractivity contribution in [2.24, 2.45) is 0 Å². The standard InChI is InChI=1S/C18H22N4O3/c23-18(21-10-7-15-5-2-1-3-6-15)22-11-12-24-16(13-22)14-25-17-19-8-4-9-20-17/h1-6,8-9,16H,7,10-14H2,(H,21,23). The molecule has 7 heteroatoms. The summed E-state index contributed by atoms with van der Waals surface area (Å²) in [5.41, 5.74) is 1.21. The Kier molecular flexibility index (Phi) is 6.17. The molecule has 1 unspecified atom stereocenters. The van der Waals surface area contributed by atoms with Crippen molar-refractivity contribution in [1.29, 1.82) is 0 Å². The minimum atomic E-state index is -0.183. The zero-order valence-electron chi connectivity index (χ0n) is 14.0. The van der Waals surface area contributed by atoms with Crippen molar-refractivity contribution >= 4 is 6.03 Å². The van der Waals surface area contributed by atoms with E-state index in [2.05, 4.69) is 27.4 Å². The van der Waals surface area contributed by atoms with E-state index in [1.807, 2.05) is 18.2 Å². The summed E-state index contributed by atoms with van der Waals surface area (Å²) < 4.78 is 11.2. The van der Waals surface area contributed by atoms with Gasteiger partial charge in [-0.25, -0.2) is 14.8 Å². The molecule has 1 aromatic carbocycles. The minimum absolute atomic E-state index is 0.0693. The highest BCUT2D eigenvalue weighted by atomic mass is 16.5. The second-order valence-corrected chi connectivity index (χ2v) is 5.75. The molecular weight excluding hydrogens is 320 g/mol. The Morgan fingerprint density at radius 2 is 2.04 bits per heavy atom. The van der Waals surface area contributed by atoms with Gasteiger partial charge in [0, 0.05) is 25.5 Å². The zero-order chi connectivity index (χ0) is 17.3. The molecule has 1 aliphatic heterocycles. The number of amides is 2. The lowest BCUT2D eigenvalue weighted by atomic mass is 10.1. The highest BCUT2D eigenvalue weighted by Gasteiger charge is 2.24. The maximum Gasteiger partial charge on any atom is 0.317 e. The highest BCUT2D eigenvalue weighted by molar-refractivity contribution is 5.74. The van der Waals surface area contributed by atoms with Crippen LogP contribution in [0.5, 0.6) is 6.01 Å². The number of benzene rings is 1. The maximum atomic E-state index is 12.3. The van der Waals surface area contributed by atoms with Crippen LogP contribution in [0.4, 0.5) is 4.79 Å². The van der Waals surface area contributed by atoms with Gasteiger partial charge < -0.3 is 19.7 Å². The topological polar surface area (TPSA) is 76.6 Å². The molecule has 1 saturated heterocycles. The van der Waals surface area contributed by atoms with Gasteiger partial charge in [-0.15, -0.1) is 0 Å². The Morgan fingerprint density at radius 1 is 1.24 bits per heavy atom. The molecule has 2 heterocycles. The fraction of sp³-hybridized carbons (Fsp3) is 0.389. The van der Waals surface area contributed by atoms with Gasteiger partial charge in [0.05, 0.1) is 13.2 Å². The Balaban J connectivity index is 1.40. The molecule has 0 radical (unpaired) electrons. The number of urea groups is 1. The molecule has 1 atom stereocenters. The van der Waals surface area contributed by atoms with E-state index in [-0.39, 0.29) is 12.1 Å². The number of rotatable bonds is 6. The molecule has 1 aliphatic rings. The van der Waals surface area contributed by atoms with E-state index in [4.69, 9.17) is 9.47 Å². The number of nitrogens with one attached hydrogen (secondary N) is 1. The second-order valence-electron chi connectivity index (χ2n) is 5.75. The van der Waals surface area contributed by atoms with Crippen molar-refractivity contribution in [2.45, 2.75) is 12.5 Å². The van der Waals surface area contributed by atoms with Gasteiger partial charge >= 0.3 is 12.0 Å². The van der Waals surface area contributed by atoms with Crippen LogP contribution in [0, 0.1) is 0 Å². The summed E-state index contributed by atoms with van der Waals surface area (Å²) in [5, 5.41) is 2.96. The van der Waals surface area contributed by atoms with E-state index >= 15 is 0 Å². The molecule has 2 amide bonds. The van der Waals surface area contributed by atoms with Gasteiger partial charge in [0.25, 0.3) is 0 Å². The minimum Gasteiger partial charge on any atom is -0.461 e. The number of hydrogen-bond acceptors (Lipinski definition) is 5. The largest absolute Gasteiger partial charge is 0.461 e. The molecule has 0 spiro atoms. The predicted octanol–water partition coefficient (Wildman–Crippen LogP) is 1.51. The van der Waals surface area contributed by atoms with Crippen LogP contribution in [0.25, 0.3) is 0 Å². The first kappa shape index (κ1) is 17.2. The number of carbonyl (C=O) groups is 1. The van der Waals surface area contributed by atoms with Crippen LogP contribution in [0.15, 0.2) is 48.8 Å². The fourth-order valence-corrected chi connectivity index (χ4v) is 2.60. The van der Waals surface area contributed by atoms with E-state index in [1.54, 1.807) is 23.4 Å². The Labute approximate surface area is 147 Å². The van der Waals surface area contributed by atoms with E-state index in [1.165, 1.54) is 5.56 Å². The van der Waals surface area contributed by atoms with Crippen LogP contribution in [-0.4, -0.2) is 59.9 Å². The lowest BCUT2D eigenvalue weighted by Crippen LogP contribution is -2.51. The number of nitrogens with zero attached hydrogens (tertiary/aromatic N) is 3. The van der Waals surface area contributed by atoms with Crippen LogP contribution in [0.2, 0.25) is 0 Å². The lowest BCUT2D eigenvalue weighted by Gasteiger charge is -2.32. The average Bonchev–Trinajstić information content (AvgIpc) is 2.68. The zero-order valence-corrected chi connectivity index (χ0v) is 14.0. The predicted molar refractivity (Wildman–Crippen MR) is 92.4 cm³/mol. The molecule has 3 rings (SSSR count). The smallest absolute Gasteiger partial charge is 0.317 e. The molecule has 0 saturated carbocycles. The normalized spacial score (nSPS) is 17.1. The number of carbonyl (C=O) groups excluding carboxylic acids is 1. The molecule has 25 heavy (non-hydrogen) atoms. The first-order valence-corrected chi connectivity index (χ1v) is 8.39. The highest BCUT2D eigenvalue weighted by Crippen LogP contribution is 2.08. The average molecular weight is 342 g/mol. The Bertz CT molecular complexity index is 654. The third-order valence-electron chi connectivity index (χ3n) is 3.90. The van der Waals surface area contributed by atoms with E-state index in [0.29, 0.717) is 38.9 Å². The first-order chi connectivity index (χ1) is 12.3. The third kappa shape index (κ3) is 5.42. The summed E-state index contributed by atoms with van der Waals surface area (Å²) >= 11 is 0. The summed E-state index contributed by atoms with van der Waals surface area (Å²) in [6.45, 7) is 2.49. The monoisotopic (exact) mass is 342 g/mol.